The Kier molecular flexibility index (Phi) is 4.17. The Hall–Kier alpha value is -1.92. The van der Waals surface area contributed by atoms with Crippen LogP contribution in [0.15, 0.2) is 42.2 Å². The van der Waals surface area contributed by atoms with Crippen LogP contribution in [0.2, 0.25) is 0 Å². The molecule has 3 rings (SSSR count). The number of thiophene rings is 1. The fourth-order valence-corrected chi connectivity index (χ4v) is 3.22. The van der Waals surface area contributed by atoms with Gasteiger partial charge in [-0.25, -0.2) is 4.98 Å². The third-order valence-electron chi connectivity index (χ3n) is 3.60. The largest absolute Gasteiger partial charge is 0.336 e. The summed E-state index contributed by atoms with van der Waals surface area (Å²) in [5.74, 6) is 1.04. The van der Waals surface area contributed by atoms with E-state index < -0.39 is 0 Å². The topological polar surface area (TPSA) is 47.7 Å². The van der Waals surface area contributed by atoms with Crippen molar-refractivity contribution in [2.75, 3.05) is 6.54 Å². The van der Waals surface area contributed by atoms with Crippen LogP contribution in [0.4, 0.5) is 0 Å². The molecule has 3 aromatic rings. The zero-order valence-corrected chi connectivity index (χ0v) is 13.0. The smallest absolute Gasteiger partial charge is 0.131 e. The normalized spacial score (nSPS) is 12.7. The molecule has 3 aromatic heterocycles. The Labute approximate surface area is 128 Å². The summed E-state index contributed by atoms with van der Waals surface area (Å²) in [6.07, 6.45) is 6.62. The molecule has 0 aliphatic carbocycles. The van der Waals surface area contributed by atoms with Gasteiger partial charge in [-0.05, 0) is 17.5 Å². The summed E-state index contributed by atoms with van der Waals surface area (Å²) in [6, 6.07) is 6.43. The average Bonchev–Trinajstić information content (AvgIpc) is 3.19. The molecule has 0 aliphatic heterocycles. The minimum absolute atomic E-state index is 0.137. The van der Waals surface area contributed by atoms with Gasteiger partial charge in [-0.2, -0.15) is 5.10 Å². The van der Waals surface area contributed by atoms with Crippen molar-refractivity contribution in [3.05, 3.63) is 58.6 Å². The van der Waals surface area contributed by atoms with Crippen LogP contribution >= 0.6 is 11.3 Å². The summed E-state index contributed by atoms with van der Waals surface area (Å²) in [7, 11) is 4.01. The number of nitrogens with one attached hydrogen (secondary N) is 1. The SMILES string of the molecule is Cn1ccnc1C(NCCc1ccnn1C)c1cccs1. The van der Waals surface area contributed by atoms with Crippen LogP contribution in [0.25, 0.3) is 0 Å². The van der Waals surface area contributed by atoms with E-state index in [1.807, 2.05) is 37.4 Å². The summed E-state index contributed by atoms with van der Waals surface area (Å²) in [6.45, 7) is 0.884. The van der Waals surface area contributed by atoms with E-state index in [1.54, 1.807) is 11.3 Å². The number of aromatic nitrogens is 4. The van der Waals surface area contributed by atoms with E-state index in [1.165, 1.54) is 10.6 Å². The highest BCUT2D eigenvalue weighted by Gasteiger charge is 2.18. The van der Waals surface area contributed by atoms with Gasteiger partial charge in [0.2, 0.25) is 0 Å². The van der Waals surface area contributed by atoms with Crippen LogP contribution in [0.5, 0.6) is 0 Å². The van der Waals surface area contributed by atoms with E-state index in [0.717, 1.165) is 18.8 Å². The van der Waals surface area contributed by atoms with E-state index in [-0.39, 0.29) is 6.04 Å². The molecule has 0 aliphatic rings. The third-order valence-corrected chi connectivity index (χ3v) is 4.53. The molecule has 1 N–H and O–H groups in total. The minimum atomic E-state index is 0.137. The Balaban J connectivity index is 1.72. The first-order valence-corrected chi connectivity index (χ1v) is 7.84. The van der Waals surface area contributed by atoms with Crippen molar-refractivity contribution in [1.82, 2.24) is 24.6 Å². The lowest BCUT2D eigenvalue weighted by Gasteiger charge is -2.17. The molecule has 0 fully saturated rings. The Morgan fingerprint density at radius 3 is 2.81 bits per heavy atom. The first-order valence-electron chi connectivity index (χ1n) is 6.96. The van der Waals surface area contributed by atoms with Gasteiger partial charge in [0.25, 0.3) is 0 Å². The number of hydrogen-bond donors (Lipinski definition) is 1. The number of nitrogens with zero attached hydrogens (tertiary/aromatic N) is 4. The summed E-state index contributed by atoms with van der Waals surface area (Å²) < 4.78 is 3.99. The Morgan fingerprint density at radius 2 is 2.19 bits per heavy atom. The molecule has 0 amide bonds. The van der Waals surface area contributed by atoms with E-state index in [0.29, 0.717) is 0 Å². The fraction of sp³-hybridized carbons (Fsp3) is 0.333. The monoisotopic (exact) mass is 301 g/mol. The molecule has 0 saturated carbocycles. The zero-order chi connectivity index (χ0) is 14.7. The van der Waals surface area contributed by atoms with Gasteiger partial charge in [-0.1, -0.05) is 6.07 Å². The highest BCUT2D eigenvalue weighted by molar-refractivity contribution is 7.10. The second-order valence-corrected chi connectivity index (χ2v) is 5.97. The van der Waals surface area contributed by atoms with Gasteiger partial charge in [0.15, 0.2) is 0 Å². The molecule has 0 saturated heterocycles. The maximum Gasteiger partial charge on any atom is 0.131 e. The molecule has 1 atom stereocenters. The van der Waals surface area contributed by atoms with Crippen molar-refractivity contribution < 1.29 is 0 Å². The van der Waals surface area contributed by atoms with Gasteiger partial charge in [0.1, 0.15) is 11.9 Å². The number of rotatable bonds is 6. The van der Waals surface area contributed by atoms with Crippen LogP contribution in [-0.4, -0.2) is 25.9 Å². The lowest BCUT2D eigenvalue weighted by atomic mass is 10.2. The van der Waals surface area contributed by atoms with Crippen molar-refractivity contribution in [2.45, 2.75) is 12.5 Å². The van der Waals surface area contributed by atoms with Crippen LogP contribution in [0, 0.1) is 0 Å². The molecule has 110 valence electrons. The van der Waals surface area contributed by atoms with Gasteiger partial charge < -0.3 is 9.88 Å². The maximum absolute atomic E-state index is 4.49. The summed E-state index contributed by atoms with van der Waals surface area (Å²) >= 11 is 1.76. The standard InChI is InChI=1S/C15H19N5S/c1-19-10-9-17-15(19)14(13-4-3-11-21-13)16-7-5-12-6-8-18-20(12)2/h3-4,6,8-11,14,16H,5,7H2,1-2H3. The molecular weight excluding hydrogens is 282 g/mol. The van der Waals surface area contributed by atoms with Crippen molar-refractivity contribution >= 4 is 11.3 Å². The highest BCUT2D eigenvalue weighted by Crippen LogP contribution is 2.24. The molecule has 0 radical (unpaired) electrons. The lowest BCUT2D eigenvalue weighted by molar-refractivity contribution is 0.557. The summed E-state index contributed by atoms with van der Waals surface area (Å²) in [4.78, 5) is 5.78. The van der Waals surface area contributed by atoms with E-state index in [9.17, 15) is 0 Å². The minimum Gasteiger partial charge on any atom is -0.336 e. The average molecular weight is 301 g/mol. The number of aryl methyl sites for hydroxylation is 2. The quantitative estimate of drug-likeness (QED) is 0.759. The second kappa shape index (κ2) is 6.24. The molecule has 21 heavy (non-hydrogen) atoms. The molecule has 0 aromatic carbocycles. The van der Waals surface area contributed by atoms with Crippen LogP contribution < -0.4 is 5.32 Å². The molecule has 0 bridgehead atoms. The number of imidazole rings is 1. The molecule has 5 nitrogen and oxygen atoms in total. The molecule has 3 heterocycles. The summed E-state index contributed by atoms with van der Waals surface area (Å²) in [5.41, 5.74) is 1.23. The number of hydrogen-bond acceptors (Lipinski definition) is 4. The predicted octanol–water partition coefficient (Wildman–Crippen LogP) is 2.14. The van der Waals surface area contributed by atoms with Crippen LogP contribution in [0.3, 0.4) is 0 Å². The highest BCUT2D eigenvalue weighted by atomic mass is 32.1. The van der Waals surface area contributed by atoms with Crippen LogP contribution in [0.1, 0.15) is 22.4 Å². The lowest BCUT2D eigenvalue weighted by Crippen LogP contribution is -2.26. The first kappa shape index (κ1) is 14.0. The summed E-state index contributed by atoms with van der Waals surface area (Å²) in [5, 5.41) is 9.92. The molecule has 0 spiro atoms. The van der Waals surface area contributed by atoms with Gasteiger partial charge in [-0.3, -0.25) is 4.68 Å². The zero-order valence-electron chi connectivity index (χ0n) is 12.2. The van der Waals surface area contributed by atoms with Crippen molar-refractivity contribution in [1.29, 1.82) is 0 Å². The molecule has 1 unspecified atom stereocenters. The van der Waals surface area contributed by atoms with Crippen molar-refractivity contribution in [2.24, 2.45) is 14.1 Å². The van der Waals surface area contributed by atoms with E-state index in [2.05, 4.69) is 43.5 Å². The Bertz CT molecular complexity index is 683. The van der Waals surface area contributed by atoms with Crippen LogP contribution in [-0.2, 0) is 20.5 Å². The van der Waals surface area contributed by atoms with E-state index in [4.69, 9.17) is 0 Å². The van der Waals surface area contributed by atoms with Gasteiger partial charge in [0, 0.05) is 56.2 Å². The van der Waals surface area contributed by atoms with E-state index >= 15 is 0 Å². The van der Waals surface area contributed by atoms with Crippen molar-refractivity contribution in [3.8, 4) is 0 Å². The van der Waals surface area contributed by atoms with Gasteiger partial charge >= 0.3 is 0 Å². The third kappa shape index (κ3) is 3.06. The second-order valence-electron chi connectivity index (χ2n) is 5.00. The predicted molar refractivity (Wildman–Crippen MR) is 84.3 cm³/mol. The van der Waals surface area contributed by atoms with Gasteiger partial charge in [-0.15, -0.1) is 11.3 Å². The van der Waals surface area contributed by atoms with Gasteiger partial charge in [0.05, 0.1) is 0 Å². The first-order chi connectivity index (χ1) is 10.3. The maximum atomic E-state index is 4.49. The molecule has 6 heteroatoms. The molecular formula is C15H19N5S. The Morgan fingerprint density at radius 1 is 1.29 bits per heavy atom. The van der Waals surface area contributed by atoms with Crippen molar-refractivity contribution in [3.63, 3.8) is 0 Å². The fourth-order valence-electron chi connectivity index (χ4n) is 2.42.